The van der Waals surface area contributed by atoms with Crippen LogP contribution >= 0.6 is 0 Å². The summed E-state index contributed by atoms with van der Waals surface area (Å²) < 4.78 is 0. The molecule has 1 aliphatic rings. The van der Waals surface area contributed by atoms with Gasteiger partial charge in [0.05, 0.1) is 24.5 Å². The molecule has 5 heteroatoms. The Morgan fingerprint density at radius 1 is 1.14 bits per heavy atom. The minimum absolute atomic E-state index is 0.226. The maximum atomic E-state index is 12.3. The Morgan fingerprint density at radius 2 is 1.76 bits per heavy atom. The van der Waals surface area contributed by atoms with Crippen molar-refractivity contribution in [1.82, 2.24) is 5.32 Å². The second-order valence-corrected chi connectivity index (χ2v) is 5.15. The number of carbonyl (C=O) groups is 2. The minimum atomic E-state index is -0.959. The molecular weight excluding hydrogens is 270 g/mol. The predicted octanol–water partition coefficient (Wildman–Crippen LogP) is 1.50. The first-order chi connectivity index (χ1) is 10.1. The molecule has 0 fully saturated rings. The van der Waals surface area contributed by atoms with Gasteiger partial charge in [0.2, 0.25) is 5.91 Å². The Bertz CT molecular complexity index is 526. The maximum absolute atomic E-state index is 12.3. The molecule has 1 aromatic rings. The lowest BCUT2D eigenvalue weighted by Gasteiger charge is -2.26. The smallest absolute Gasteiger partial charge is 0.307 e. The van der Waals surface area contributed by atoms with Gasteiger partial charge in [-0.1, -0.05) is 42.5 Å². The van der Waals surface area contributed by atoms with Crippen molar-refractivity contribution in [2.75, 3.05) is 6.61 Å². The fourth-order valence-corrected chi connectivity index (χ4v) is 2.58. The van der Waals surface area contributed by atoms with Crippen LogP contribution in [0.25, 0.3) is 0 Å². The topological polar surface area (TPSA) is 86.6 Å². The van der Waals surface area contributed by atoms with Crippen molar-refractivity contribution in [3.8, 4) is 0 Å². The third-order valence-corrected chi connectivity index (χ3v) is 3.79. The molecular formula is C16H19NO4. The van der Waals surface area contributed by atoms with Crippen LogP contribution < -0.4 is 5.32 Å². The number of carboxylic acid groups (broad SMARTS) is 1. The Hall–Kier alpha value is -2.14. The van der Waals surface area contributed by atoms with Crippen LogP contribution in [0.2, 0.25) is 0 Å². The van der Waals surface area contributed by atoms with Crippen LogP contribution in [0.1, 0.15) is 24.4 Å². The van der Waals surface area contributed by atoms with Gasteiger partial charge in [0.15, 0.2) is 0 Å². The lowest BCUT2D eigenvalue weighted by molar-refractivity contribution is -0.147. The van der Waals surface area contributed by atoms with Crippen molar-refractivity contribution in [1.29, 1.82) is 0 Å². The largest absolute Gasteiger partial charge is 0.481 e. The first kappa shape index (κ1) is 15.3. The van der Waals surface area contributed by atoms with E-state index in [-0.39, 0.29) is 12.5 Å². The van der Waals surface area contributed by atoms with Gasteiger partial charge in [-0.15, -0.1) is 0 Å². The number of amides is 1. The van der Waals surface area contributed by atoms with E-state index >= 15 is 0 Å². The highest BCUT2D eigenvalue weighted by Gasteiger charge is 2.34. The fourth-order valence-electron chi connectivity index (χ4n) is 2.58. The summed E-state index contributed by atoms with van der Waals surface area (Å²) in [5.41, 5.74) is 0.798. The average molecular weight is 289 g/mol. The number of hydrogen-bond donors (Lipinski definition) is 3. The molecule has 1 aliphatic carbocycles. The Morgan fingerprint density at radius 3 is 2.33 bits per heavy atom. The van der Waals surface area contributed by atoms with Gasteiger partial charge in [0.25, 0.3) is 0 Å². The van der Waals surface area contributed by atoms with Crippen LogP contribution in [-0.4, -0.2) is 28.7 Å². The molecule has 3 N–H and O–H groups in total. The number of aliphatic hydroxyl groups excluding tert-OH is 1. The summed E-state index contributed by atoms with van der Waals surface area (Å²) in [6.07, 6.45) is 4.40. The van der Waals surface area contributed by atoms with Crippen molar-refractivity contribution in [2.24, 2.45) is 11.8 Å². The van der Waals surface area contributed by atoms with Crippen molar-refractivity contribution in [3.05, 3.63) is 48.0 Å². The van der Waals surface area contributed by atoms with Gasteiger partial charge in [0, 0.05) is 0 Å². The van der Waals surface area contributed by atoms with Crippen LogP contribution in [0.5, 0.6) is 0 Å². The molecule has 2 rings (SSSR count). The maximum Gasteiger partial charge on any atom is 0.307 e. The highest BCUT2D eigenvalue weighted by molar-refractivity contribution is 5.85. The Kier molecular flexibility index (Phi) is 5.11. The van der Waals surface area contributed by atoms with Crippen molar-refractivity contribution in [2.45, 2.75) is 18.9 Å². The summed E-state index contributed by atoms with van der Waals surface area (Å²) in [4.78, 5) is 23.6. The number of hydrogen-bond acceptors (Lipinski definition) is 3. The van der Waals surface area contributed by atoms with E-state index in [1.54, 1.807) is 6.08 Å². The average Bonchev–Trinajstić information content (AvgIpc) is 2.53. The van der Waals surface area contributed by atoms with E-state index in [4.69, 9.17) is 0 Å². The van der Waals surface area contributed by atoms with E-state index < -0.39 is 23.8 Å². The fraction of sp³-hybridized carbons (Fsp3) is 0.375. The molecule has 1 amide bonds. The lowest BCUT2D eigenvalue weighted by Crippen LogP contribution is -2.41. The van der Waals surface area contributed by atoms with Crippen LogP contribution in [0.4, 0.5) is 0 Å². The number of nitrogens with one attached hydrogen (secondary N) is 1. The molecule has 0 radical (unpaired) electrons. The molecule has 21 heavy (non-hydrogen) atoms. The quantitative estimate of drug-likeness (QED) is 0.717. The minimum Gasteiger partial charge on any atom is -0.481 e. The molecule has 112 valence electrons. The molecule has 0 aromatic heterocycles. The van der Waals surface area contributed by atoms with Crippen LogP contribution in [0.3, 0.4) is 0 Å². The summed E-state index contributed by atoms with van der Waals surface area (Å²) in [7, 11) is 0. The molecule has 3 atom stereocenters. The summed E-state index contributed by atoms with van der Waals surface area (Å²) >= 11 is 0. The first-order valence-corrected chi connectivity index (χ1v) is 6.97. The van der Waals surface area contributed by atoms with Crippen molar-refractivity contribution >= 4 is 11.9 Å². The van der Waals surface area contributed by atoms with Crippen LogP contribution in [0, 0.1) is 11.8 Å². The third kappa shape index (κ3) is 3.70. The summed E-state index contributed by atoms with van der Waals surface area (Å²) in [6.45, 7) is -0.226. The van der Waals surface area contributed by atoms with E-state index in [0.29, 0.717) is 12.8 Å². The zero-order chi connectivity index (χ0) is 15.2. The molecule has 0 saturated carbocycles. The highest BCUT2D eigenvalue weighted by Crippen LogP contribution is 2.27. The second-order valence-electron chi connectivity index (χ2n) is 5.15. The summed E-state index contributed by atoms with van der Waals surface area (Å²) in [6, 6.07) is 8.62. The highest BCUT2D eigenvalue weighted by atomic mass is 16.4. The second kappa shape index (κ2) is 7.04. The Balaban J connectivity index is 2.08. The van der Waals surface area contributed by atoms with Crippen molar-refractivity contribution < 1.29 is 19.8 Å². The van der Waals surface area contributed by atoms with Gasteiger partial charge in [-0.25, -0.2) is 0 Å². The molecule has 5 nitrogen and oxygen atoms in total. The summed E-state index contributed by atoms with van der Waals surface area (Å²) in [5.74, 6) is -2.58. The van der Waals surface area contributed by atoms with Gasteiger partial charge < -0.3 is 15.5 Å². The number of benzene rings is 1. The van der Waals surface area contributed by atoms with E-state index in [1.807, 2.05) is 36.4 Å². The zero-order valence-electron chi connectivity index (χ0n) is 11.6. The van der Waals surface area contributed by atoms with Gasteiger partial charge in [-0.05, 0) is 18.4 Å². The SMILES string of the molecule is O=C(O)C1CC=CCC1C(=O)N[C@H](CO)c1ccccc1. The monoisotopic (exact) mass is 289 g/mol. The predicted molar refractivity (Wildman–Crippen MR) is 77.4 cm³/mol. The van der Waals surface area contributed by atoms with E-state index in [2.05, 4.69) is 5.32 Å². The van der Waals surface area contributed by atoms with Crippen LogP contribution in [-0.2, 0) is 9.59 Å². The lowest BCUT2D eigenvalue weighted by atomic mass is 9.82. The van der Waals surface area contributed by atoms with Gasteiger partial charge >= 0.3 is 5.97 Å². The number of rotatable bonds is 5. The number of aliphatic hydroxyl groups is 1. The van der Waals surface area contributed by atoms with E-state index in [9.17, 15) is 19.8 Å². The first-order valence-electron chi connectivity index (χ1n) is 6.97. The molecule has 2 unspecified atom stereocenters. The number of carbonyl (C=O) groups excluding carboxylic acids is 1. The standard InChI is InChI=1S/C16H19NO4/c18-10-14(11-6-2-1-3-7-11)17-15(19)12-8-4-5-9-13(12)16(20)21/h1-7,12-14,18H,8-10H2,(H,17,19)(H,20,21)/t12?,13?,14-/m1/s1. The Labute approximate surface area is 123 Å². The molecule has 0 spiro atoms. The normalized spacial score (nSPS) is 22.5. The van der Waals surface area contributed by atoms with E-state index in [0.717, 1.165) is 5.56 Å². The zero-order valence-corrected chi connectivity index (χ0v) is 11.6. The molecule has 0 heterocycles. The molecule has 1 aromatic carbocycles. The third-order valence-electron chi connectivity index (χ3n) is 3.79. The van der Waals surface area contributed by atoms with Gasteiger partial charge in [0.1, 0.15) is 0 Å². The number of allylic oxidation sites excluding steroid dienone is 2. The van der Waals surface area contributed by atoms with Crippen LogP contribution in [0.15, 0.2) is 42.5 Å². The molecule has 0 aliphatic heterocycles. The van der Waals surface area contributed by atoms with Crippen molar-refractivity contribution in [3.63, 3.8) is 0 Å². The molecule has 0 bridgehead atoms. The van der Waals surface area contributed by atoms with E-state index in [1.165, 1.54) is 0 Å². The van der Waals surface area contributed by atoms with Gasteiger partial charge in [-0.2, -0.15) is 0 Å². The summed E-state index contributed by atoms with van der Waals surface area (Å²) in [5, 5.41) is 21.4. The number of carboxylic acids is 1. The molecule has 0 saturated heterocycles. The van der Waals surface area contributed by atoms with Gasteiger partial charge in [-0.3, -0.25) is 9.59 Å². The number of aliphatic carboxylic acids is 1.